The number of pyridine rings is 1. The first-order valence-electron chi connectivity index (χ1n) is 8.72. The average Bonchev–Trinajstić information content (AvgIpc) is 3.17. The number of amides is 1. The Hall–Kier alpha value is -2.13. The van der Waals surface area contributed by atoms with Gasteiger partial charge in [0.1, 0.15) is 11.9 Å². The van der Waals surface area contributed by atoms with Gasteiger partial charge in [-0.2, -0.15) is 5.26 Å². The zero-order chi connectivity index (χ0) is 16.9. The molecule has 24 heavy (non-hydrogen) atoms. The maximum atomic E-state index is 12.8. The molecule has 0 N–H and O–H groups in total. The summed E-state index contributed by atoms with van der Waals surface area (Å²) in [5, 5.41) is 8.85. The number of likely N-dealkylation sites (N-methyl/N-ethyl adjacent to an activating group) is 1. The van der Waals surface area contributed by atoms with Crippen molar-refractivity contribution >= 4 is 11.7 Å². The van der Waals surface area contributed by atoms with Crippen LogP contribution in [-0.4, -0.2) is 54.7 Å². The molecule has 6 nitrogen and oxygen atoms in total. The standard InChI is InChI=1S/C18H24N4O2/c1-2-22(16-7-10-24-13-16)18(23)15-5-8-21(9-6-15)17-4-3-14(11-19)12-20-17/h3-4,12,15-16H,2,5-10,13H2,1H3. The van der Waals surface area contributed by atoms with Gasteiger partial charge in [0.15, 0.2) is 0 Å². The van der Waals surface area contributed by atoms with Gasteiger partial charge in [0.25, 0.3) is 0 Å². The smallest absolute Gasteiger partial charge is 0.226 e. The van der Waals surface area contributed by atoms with Gasteiger partial charge in [0.05, 0.1) is 18.2 Å². The van der Waals surface area contributed by atoms with Crippen molar-refractivity contribution in [3.8, 4) is 6.07 Å². The van der Waals surface area contributed by atoms with Crippen LogP contribution in [-0.2, 0) is 9.53 Å². The van der Waals surface area contributed by atoms with Crippen molar-refractivity contribution in [2.24, 2.45) is 5.92 Å². The molecule has 2 saturated heterocycles. The third kappa shape index (κ3) is 3.51. The first-order chi connectivity index (χ1) is 11.7. The zero-order valence-electron chi connectivity index (χ0n) is 14.1. The molecular weight excluding hydrogens is 304 g/mol. The van der Waals surface area contributed by atoms with Gasteiger partial charge in [-0.15, -0.1) is 0 Å². The molecule has 0 spiro atoms. The molecule has 1 aromatic rings. The van der Waals surface area contributed by atoms with Gasteiger partial charge in [-0.05, 0) is 38.3 Å². The summed E-state index contributed by atoms with van der Waals surface area (Å²) in [6.45, 7) is 5.89. The minimum Gasteiger partial charge on any atom is -0.379 e. The predicted octanol–water partition coefficient (Wildman–Crippen LogP) is 1.81. The number of hydrogen-bond donors (Lipinski definition) is 0. The maximum absolute atomic E-state index is 12.8. The number of hydrogen-bond acceptors (Lipinski definition) is 5. The summed E-state index contributed by atoms with van der Waals surface area (Å²) in [5.41, 5.74) is 0.571. The van der Waals surface area contributed by atoms with E-state index in [-0.39, 0.29) is 17.9 Å². The van der Waals surface area contributed by atoms with E-state index in [1.54, 1.807) is 12.3 Å². The molecule has 2 fully saturated rings. The van der Waals surface area contributed by atoms with E-state index >= 15 is 0 Å². The molecular formula is C18H24N4O2. The Morgan fingerprint density at radius 2 is 2.21 bits per heavy atom. The Kier molecular flexibility index (Phi) is 5.31. The minimum absolute atomic E-state index is 0.0974. The lowest BCUT2D eigenvalue weighted by Crippen LogP contribution is -2.47. The van der Waals surface area contributed by atoms with Crippen LogP contribution in [0.1, 0.15) is 31.7 Å². The number of carbonyl (C=O) groups excluding carboxylic acids is 1. The van der Waals surface area contributed by atoms with Crippen LogP contribution in [0, 0.1) is 17.2 Å². The Morgan fingerprint density at radius 3 is 2.75 bits per heavy atom. The summed E-state index contributed by atoms with van der Waals surface area (Å²) in [4.78, 5) is 21.4. The van der Waals surface area contributed by atoms with Crippen LogP contribution in [0.5, 0.6) is 0 Å². The highest BCUT2D eigenvalue weighted by Gasteiger charge is 2.33. The van der Waals surface area contributed by atoms with E-state index in [0.717, 1.165) is 51.3 Å². The van der Waals surface area contributed by atoms with Crippen LogP contribution < -0.4 is 4.90 Å². The van der Waals surface area contributed by atoms with Crippen LogP contribution in [0.3, 0.4) is 0 Å². The number of rotatable bonds is 4. The third-order valence-corrected chi connectivity index (χ3v) is 5.02. The summed E-state index contributed by atoms with van der Waals surface area (Å²) < 4.78 is 5.44. The summed E-state index contributed by atoms with van der Waals surface area (Å²) in [7, 11) is 0. The van der Waals surface area contributed by atoms with E-state index in [4.69, 9.17) is 10.00 Å². The van der Waals surface area contributed by atoms with Crippen LogP contribution in [0.25, 0.3) is 0 Å². The fraction of sp³-hybridized carbons (Fsp3) is 0.611. The average molecular weight is 328 g/mol. The van der Waals surface area contributed by atoms with Gasteiger partial charge >= 0.3 is 0 Å². The first kappa shape index (κ1) is 16.7. The van der Waals surface area contributed by atoms with Crippen molar-refractivity contribution in [3.05, 3.63) is 23.9 Å². The highest BCUT2D eigenvalue weighted by atomic mass is 16.5. The molecule has 1 aromatic heterocycles. The van der Waals surface area contributed by atoms with E-state index < -0.39 is 0 Å². The van der Waals surface area contributed by atoms with Gasteiger partial charge in [-0.25, -0.2) is 4.98 Å². The van der Waals surface area contributed by atoms with E-state index in [1.807, 2.05) is 17.9 Å². The lowest BCUT2D eigenvalue weighted by atomic mass is 9.94. The number of piperidine rings is 1. The Morgan fingerprint density at radius 1 is 1.42 bits per heavy atom. The summed E-state index contributed by atoms with van der Waals surface area (Å²) in [5.74, 6) is 1.26. The quantitative estimate of drug-likeness (QED) is 0.843. The zero-order valence-corrected chi connectivity index (χ0v) is 14.1. The monoisotopic (exact) mass is 328 g/mol. The molecule has 3 rings (SSSR count). The van der Waals surface area contributed by atoms with E-state index in [1.165, 1.54) is 0 Å². The second kappa shape index (κ2) is 7.63. The van der Waals surface area contributed by atoms with Crippen LogP contribution in [0.15, 0.2) is 18.3 Å². The fourth-order valence-corrected chi connectivity index (χ4v) is 3.59. The van der Waals surface area contributed by atoms with Crippen molar-refractivity contribution < 1.29 is 9.53 Å². The molecule has 0 radical (unpaired) electrons. The van der Waals surface area contributed by atoms with Crippen molar-refractivity contribution in [2.45, 2.75) is 32.2 Å². The summed E-state index contributed by atoms with van der Waals surface area (Å²) >= 11 is 0. The largest absolute Gasteiger partial charge is 0.379 e. The van der Waals surface area contributed by atoms with Crippen molar-refractivity contribution in [2.75, 3.05) is 37.7 Å². The van der Waals surface area contributed by atoms with Crippen LogP contribution in [0.4, 0.5) is 5.82 Å². The number of carbonyl (C=O) groups is 1. The van der Waals surface area contributed by atoms with Gasteiger partial charge in [-0.3, -0.25) is 4.79 Å². The third-order valence-electron chi connectivity index (χ3n) is 5.02. The van der Waals surface area contributed by atoms with Crippen molar-refractivity contribution in [1.82, 2.24) is 9.88 Å². The molecule has 3 heterocycles. The summed E-state index contributed by atoms with van der Waals surface area (Å²) in [6.07, 6.45) is 4.26. The van der Waals surface area contributed by atoms with E-state index in [9.17, 15) is 4.79 Å². The lowest BCUT2D eigenvalue weighted by Gasteiger charge is -2.36. The molecule has 2 aliphatic rings. The molecule has 0 aliphatic carbocycles. The Balaban J connectivity index is 1.57. The van der Waals surface area contributed by atoms with Gasteiger partial charge in [0, 0.05) is 38.4 Å². The lowest BCUT2D eigenvalue weighted by molar-refractivity contribution is -0.138. The number of aromatic nitrogens is 1. The summed E-state index contributed by atoms with van der Waals surface area (Å²) in [6, 6.07) is 6.01. The van der Waals surface area contributed by atoms with E-state index in [0.29, 0.717) is 12.2 Å². The van der Waals surface area contributed by atoms with Gasteiger partial charge in [0.2, 0.25) is 5.91 Å². The molecule has 1 atom stereocenters. The van der Waals surface area contributed by atoms with Crippen molar-refractivity contribution in [3.63, 3.8) is 0 Å². The highest BCUT2D eigenvalue weighted by Crippen LogP contribution is 2.25. The maximum Gasteiger partial charge on any atom is 0.226 e. The fourth-order valence-electron chi connectivity index (χ4n) is 3.59. The number of nitriles is 1. The number of nitrogens with zero attached hydrogens (tertiary/aromatic N) is 4. The first-order valence-corrected chi connectivity index (χ1v) is 8.72. The van der Waals surface area contributed by atoms with Crippen molar-refractivity contribution in [1.29, 1.82) is 5.26 Å². The highest BCUT2D eigenvalue weighted by molar-refractivity contribution is 5.79. The molecule has 0 saturated carbocycles. The Bertz CT molecular complexity index is 596. The molecule has 128 valence electrons. The normalized spacial score (nSPS) is 21.5. The molecule has 0 bridgehead atoms. The van der Waals surface area contributed by atoms with Gasteiger partial charge in [-0.1, -0.05) is 0 Å². The second-order valence-corrected chi connectivity index (χ2v) is 6.42. The molecule has 1 amide bonds. The molecule has 2 aliphatic heterocycles. The van der Waals surface area contributed by atoms with E-state index in [2.05, 4.69) is 16.0 Å². The van der Waals surface area contributed by atoms with Crippen LogP contribution >= 0.6 is 0 Å². The van der Waals surface area contributed by atoms with Crippen LogP contribution in [0.2, 0.25) is 0 Å². The second-order valence-electron chi connectivity index (χ2n) is 6.42. The SMILES string of the molecule is CCN(C(=O)C1CCN(c2ccc(C#N)cn2)CC1)C1CCOC1. The minimum atomic E-state index is 0.0974. The molecule has 1 unspecified atom stereocenters. The molecule has 6 heteroatoms. The number of anilines is 1. The molecule has 0 aromatic carbocycles. The van der Waals surface area contributed by atoms with Gasteiger partial charge < -0.3 is 14.5 Å². The predicted molar refractivity (Wildman–Crippen MR) is 90.5 cm³/mol. The topological polar surface area (TPSA) is 69.5 Å². The number of ether oxygens (including phenoxy) is 1. The Labute approximate surface area is 143 Å².